The van der Waals surface area contributed by atoms with E-state index in [9.17, 15) is 14.4 Å². The molecule has 1 atom stereocenters. The normalized spacial score (nSPS) is 15.0. The minimum absolute atomic E-state index is 0.105. The highest BCUT2D eigenvalue weighted by atomic mass is 35.5. The van der Waals surface area contributed by atoms with Crippen molar-refractivity contribution in [3.05, 3.63) is 88.4 Å². The lowest BCUT2D eigenvalue weighted by molar-refractivity contribution is -0.126. The van der Waals surface area contributed by atoms with Crippen LogP contribution in [-0.4, -0.2) is 37.4 Å². The van der Waals surface area contributed by atoms with E-state index in [1.54, 1.807) is 41.3 Å². The average molecular weight is 526 g/mol. The van der Waals surface area contributed by atoms with Gasteiger partial charge in [-0.05, 0) is 54.4 Å². The van der Waals surface area contributed by atoms with E-state index in [1.807, 2.05) is 30.3 Å². The first-order chi connectivity index (χ1) is 17.4. The van der Waals surface area contributed by atoms with Crippen molar-refractivity contribution in [1.29, 1.82) is 0 Å². The number of rotatable bonds is 9. The molecule has 186 valence electrons. The third-order valence-corrected chi connectivity index (χ3v) is 6.32. The molecule has 1 saturated heterocycles. The highest BCUT2D eigenvalue weighted by Crippen LogP contribution is 2.28. The van der Waals surface area contributed by atoms with Gasteiger partial charge in [-0.1, -0.05) is 53.5 Å². The van der Waals surface area contributed by atoms with Gasteiger partial charge in [0.05, 0.1) is 16.6 Å². The zero-order chi connectivity index (χ0) is 25.5. The maximum absolute atomic E-state index is 12.6. The number of nitrogens with zero attached hydrogens (tertiary/aromatic N) is 1. The molecule has 0 unspecified atom stereocenters. The number of hydrogen-bond donors (Lipinski definition) is 2. The number of hydrogen-bond acceptors (Lipinski definition) is 4. The molecule has 1 fully saturated rings. The highest BCUT2D eigenvalue weighted by Gasteiger charge is 2.34. The van der Waals surface area contributed by atoms with Gasteiger partial charge < -0.3 is 20.3 Å². The Kier molecular flexibility index (Phi) is 8.46. The molecule has 0 spiro atoms. The summed E-state index contributed by atoms with van der Waals surface area (Å²) in [6.07, 6.45) is 0.909. The molecule has 3 aromatic rings. The first-order valence-corrected chi connectivity index (χ1v) is 12.2. The van der Waals surface area contributed by atoms with Crippen LogP contribution in [0.1, 0.15) is 12.0 Å². The van der Waals surface area contributed by atoms with Crippen LogP contribution < -0.4 is 20.3 Å². The third-order valence-electron chi connectivity index (χ3n) is 5.78. The monoisotopic (exact) mass is 525 g/mol. The number of carbonyl (C=O) groups is 3. The van der Waals surface area contributed by atoms with Crippen molar-refractivity contribution >= 4 is 52.3 Å². The number of amides is 3. The molecule has 3 aromatic carbocycles. The van der Waals surface area contributed by atoms with Gasteiger partial charge in [-0.2, -0.15) is 0 Å². The van der Waals surface area contributed by atoms with Gasteiger partial charge in [-0.3, -0.25) is 14.4 Å². The molecular formula is C27H25Cl2N3O4. The van der Waals surface area contributed by atoms with Crippen LogP contribution in [0.25, 0.3) is 0 Å². The predicted octanol–water partition coefficient (Wildman–Crippen LogP) is 4.72. The molecule has 0 aliphatic carbocycles. The first kappa shape index (κ1) is 25.5. The first-order valence-electron chi connectivity index (χ1n) is 11.5. The lowest BCUT2D eigenvalue weighted by Gasteiger charge is -2.17. The van der Waals surface area contributed by atoms with Crippen LogP contribution in [0, 0.1) is 5.92 Å². The fourth-order valence-corrected chi connectivity index (χ4v) is 4.36. The van der Waals surface area contributed by atoms with E-state index in [0.29, 0.717) is 40.3 Å². The minimum atomic E-state index is -0.396. The Morgan fingerprint density at radius 3 is 2.47 bits per heavy atom. The summed E-state index contributed by atoms with van der Waals surface area (Å²) in [5.41, 5.74) is 2.26. The van der Waals surface area contributed by atoms with Gasteiger partial charge in [0.25, 0.3) is 5.91 Å². The summed E-state index contributed by atoms with van der Waals surface area (Å²) in [7, 11) is 0. The summed E-state index contributed by atoms with van der Waals surface area (Å²) in [6.45, 7) is 0.629. The summed E-state index contributed by atoms with van der Waals surface area (Å²) in [5.74, 6) is -0.524. The molecule has 0 saturated carbocycles. The molecule has 4 rings (SSSR count). The molecule has 0 radical (unpaired) electrons. The Hall–Kier alpha value is -3.55. The van der Waals surface area contributed by atoms with Crippen molar-refractivity contribution in [1.82, 2.24) is 5.32 Å². The molecule has 36 heavy (non-hydrogen) atoms. The highest BCUT2D eigenvalue weighted by molar-refractivity contribution is 6.36. The summed E-state index contributed by atoms with van der Waals surface area (Å²) in [5, 5.41) is 6.40. The SMILES string of the molecule is O=C(COc1ccc(N2C[C@@H](C(=O)NCCc3ccccc3)CC2=O)cc1)Nc1ccc(Cl)cc1Cl. The van der Waals surface area contributed by atoms with E-state index < -0.39 is 5.92 Å². The second kappa shape index (κ2) is 11.9. The Balaban J connectivity index is 1.24. The number of benzene rings is 3. The molecule has 2 N–H and O–H groups in total. The fraction of sp³-hybridized carbons (Fsp3) is 0.222. The fourth-order valence-electron chi connectivity index (χ4n) is 3.90. The molecule has 1 aliphatic rings. The van der Waals surface area contributed by atoms with E-state index in [2.05, 4.69) is 10.6 Å². The third kappa shape index (κ3) is 6.77. The van der Waals surface area contributed by atoms with Gasteiger partial charge in [0.15, 0.2) is 6.61 Å². The van der Waals surface area contributed by atoms with Gasteiger partial charge in [-0.25, -0.2) is 0 Å². The van der Waals surface area contributed by atoms with Crippen LogP contribution >= 0.6 is 23.2 Å². The van der Waals surface area contributed by atoms with E-state index in [1.165, 1.54) is 6.07 Å². The molecule has 1 aliphatic heterocycles. The van der Waals surface area contributed by atoms with E-state index in [4.69, 9.17) is 27.9 Å². The van der Waals surface area contributed by atoms with Crippen molar-refractivity contribution in [2.24, 2.45) is 5.92 Å². The Bertz CT molecular complexity index is 1240. The Labute approximate surface area is 219 Å². The van der Waals surface area contributed by atoms with Gasteiger partial charge >= 0.3 is 0 Å². The zero-order valence-electron chi connectivity index (χ0n) is 19.4. The number of carbonyl (C=O) groups excluding carboxylic acids is 3. The van der Waals surface area contributed by atoms with Crippen LogP contribution in [0.5, 0.6) is 5.75 Å². The average Bonchev–Trinajstić information content (AvgIpc) is 3.27. The molecule has 0 bridgehead atoms. The van der Waals surface area contributed by atoms with Gasteiger partial charge in [0, 0.05) is 30.2 Å². The van der Waals surface area contributed by atoms with Gasteiger partial charge in [0.1, 0.15) is 5.75 Å². The molecule has 1 heterocycles. The lowest BCUT2D eigenvalue weighted by atomic mass is 10.1. The standard InChI is InChI=1S/C27H25Cl2N3O4/c28-20-6-11-24(23(29)15-20)31-25(33)17-36-22-9-7-21(8-10-22)32-16-19(14-26(32)34)27(35)30-13-12-18-4-2-1-3-5-18/h1-11,15,19H,12-14,16-17H2,(H,30,35)(H,31,33)/t19-/m0/s1. The van der Waals surface area contributed by atoms with Crippen LogP contribution in [-0.2, 0) is 20.8 Å². The van der Waals surface area contributed by atoms with Crippen LogP contribution in [0.3, 0.4) is 0 Å². The lowest BCUT2D eigenvalue weighted by Crippen LogP contribution is -2.34. The Morgan fingerprint density at radius 2 is 1.75 bits per heavy atom. The predicted molar refractivity (Wildman–Crippen MR) is 141 cm³/mol. The van der Waals surface area contributed by atoms with E-state index in [-0.39, 0.29) is 30.7 Å². The number of anilines is 2. The quantitative estimate of drug-likeness (QED) is 0.423. The van der Waals surface area contributed by atoms with E-state index >= 15 is 0 Å². The molecule has 3 amide bonds. The maximum Gasteiger partial charge on any atom is 0.262 e. The Morgan fingerprint density at radius 1 is 1.00 bits per heavy atom. The van der Waals surface area contributed by atoms with Crippen molar-refractivity contribution in [2.45, 2.75) is 12.8 Å². The molecular weight excluding hydrogens is 501 g/mol. The van der Waals surface area contributed by atoms with Crippen molar-refractivity contribution in [3.8, 4) is 5.75 Å². The van der Waals surface area contributed by atoms with E-state index in [0.717, 1.165) is 12.0 Å². The maximum atomic E-state index is 12.6. The van der Waals surface area contributed by atoms with Crippen molar-refractivity contribution in [3.63, 3.8) is 0 Å². The number of ether oxygens (including phenoxy) is 1. The summed E-state index contributed by atoms with van der Waals surface area (Å²) in [6, 6.07) is 21.5. The molecule has 0 aromatic heterocycles. The van der Waals surface area contributed by atoms with Crippen molar-refractivity contribution in [2.75, 3.05) is 29.9 Å². The summed E-state index contributed by atoms with van der Waals surface area (Å²) < 4.78 is 5.54. The van der Waals surface area contributed by atoms with Gasteiger partial charge in [0.2, 0.25) is 11.8 Å². The minimum Gasteiger partial charge on any atom is -0.484 e. The zero-order valence-corrected chi connectivity index (χ0v) is 20.9. The largest absolute Gasteiger partial charge is 0.484 e. The second-order valence-electron chi connectivity index (χ2n) is 8.39. The van der Waals surface area contributed by atoms with Crippen LogP contribution in [0.15, 0.2) is 72.8 Å². The topological polar surface area (TPSA) is 87.7 Å². The van der Waals surface area contributed by atoms with Gasteiger partial charge in [-0.15, -0.1) is 0 Å². The summed E-state index contributed by atoms with van der Waals surface area (Å²) in [4.78, 5) is 38.9. The van der Waals surface area contributed by atoms with Crippen molar-refractivity contribution < 1.29 is 19.1 Å². The number of nitrogens with one attached hydrogen (secondary N) is 2. The van der Waals surface area contributed by atoms with Crippen LogP contribution in [0.2, 0.25) is 10.0 Å². The molecule has 7 nitrogen and oxygen atoms in total. The van der Waals surface area contributed by atoms with Crippen LogP contribution in [0.4, 0.5) is 11.4 Å². The smallest absolute Gasteiger partial charge is 0.262 e. The molecule has 9 heteroatoms. The summed E-state index contributed by atoms with van der Waals surface area (Å²) >= 11 is 11.9. The second-order valence-corrected chi connectivity index (χ2v) is 9.23. The number of halogens is 2.